The van der Waals surface area contributed by atoms with E-state index in [1.807, 2.05) is 0 Å². The summed E-state index contributed by atoms with van der Waals surface area (Å²) in [7, 11) is 0. The van der Waals surface area contributed by atoms with Crippen LogP contribution in [-0.2, 0) is 38.9 Å². The van der Waals surface area contributed by atoms with E-state index in [2.05, 4.69) is 6.07 Å². The summed E-state index contributed by atoms with van der Waals surface area (Å²) < 4.78 is 39.0. The van der Waals surface area contributed by atoms with Crippen molar-refractivity contribution in [3.05, 3.63) is 63.6 Å². The van der Waals surface area contributed by atoms with Crippen LogP contribution in [0.2, 0.25) is 0 Å². The molecule has 2 aromatic rings. The Hall–Kier alpha value is -0.936. The molecule has 0 atom stereocenters. The molecular formula is C14H11F3NOY-. The number of halogens is 3. The largest absolute Gasteiger partial charge is 0.370 e. The minimum absolute atomic E-state index is 0. The molecule has 0 aliphatic rings. The second-order valence-electron chi connectivity index (χ2n) is 4.33. The predicted molar refractivity (Wildman–Crippen MR) is 65.4 cm³/mol. The molecule has 1 aromatic carbocycles. The van der Waals surface area contributed by atoms with Crippen molar-refractivity contribution in [1.29, 1.82) is 0 Å². The Balaban J connectivity index is 0.00000200. The third-order valence-electron chi connectivity index (χ3n) is 2.74. The van der Waals surface area contributed by atoms with Gasteiger partial charge in [0.1, 0.15) is 0 Å². The number of hydrogen-bond donors (Lipinski definition) is 0. The molecule has 0 aliphatic carbocycles. The summed E-state index contributed by atoms with van der Waals surface area (Å²) in [6, 6.07) is 7.44. The van der Waals surface area contributed by atoms with Crippen LogP contribution in [0.15, 0.2) is 35.3 Å². The first kappa shape index (κ1) is 17.1. The maximum absolute atomic E-state index is 12.6. The maximum Gasteiger partial charge on any atom is 0.370 e. The van der Waals surface area contributed by atoms with Crippen LogP contribution in [0.1, 0.15) is 16.7 Å². The van der Waals surface area contributed by atoms with Gasteiger partial charge in [0.2, 0.25) is 0 Å². The zero-order chi connectivity index (χ0) is 14.2. The molecule has 2 nitrogen and oxygen atoms in total. The van der Waals surface area contributed by atoms with Crippen molar-refractivity contribution in [3.63, 3.8) is 0 Å². The van der Waals surface area contributed by atoms with Gasteiger partial charge in [-0.3, -0.25) is 4.79 Å². The minimum Gasteiger partial charge on any atom is -0.308 e. The van der Waals surface area contributed by atoms with Crippen LogP contribution in [0.25, 0.3) is 5.69 Å². The molecule has 0 N–H and O–H groups in total. The molecule has 1 heterocycles. The molecule has 0 saturated heterocycles. The van der Waals surface area contributed by atoms with Crippen molar-refractivity contribution in [3.8, 4) is 5.69 Å². The maximum atomic E-state index is 12.6. The molecule has 20 heavy (non-hydrogen) atoms. The van der Waals surface area contributed by atoms with E-state index in [1.54, 1.807) is 19.2 Å². The second-order valence-corrected chi connectivity index (χ2v) is 4.33. The van der Waals surface area contributed by atoms with Crippen LogP contribution in [0.4, 0.5) is 13.2 Å². The quantitative estimate of drug-likeness (QED) is 0.720. The zero-order valence-corrected chi connectivity index (χ0v) is 13.8. The zero-order valence-electron chi connectivity index (χ0n) is 11.0. The second kappa shape index (κ2) is 6.23. The summed E-state index contributed by atoms with van der Waals surface area (Å²) in [6.45, 7) is 3.32. The molecular weight excluding hydrogens is 344 g/mol. The topological polar surface area (TPSA) is 22.0 Å². The Morgan fingerprint density at radius 1 is 1.20 bits per heavy atom. The number of hydrogen-bond acceptors (Lipinski definition) is 1. The summed E-state index contributed by atoms with van der Waals surface area (Å²) in [5, 5.41) is 0. The Kier molecular flexibility index (Phi) is 5.33. The molecule has 1 radical (unpaired) electrons. The van der Waals surface area contributed by atoms with E-state index >= 15 is 0 Å². The molecule has 0 bridgehead atoms. The monoisotopic (exact) mass is 355 g/mol. The van der Waals surface area contributed by atoms with E-state index in [-0.39, 0.29) is 38.3 Å². The SMILES string of the molecule is Cc1ccc(=O)n(-c2[c-]cc(C(F)(F)F)cc2C)c1.[Y]. The molecule has 0 aliphatic heterocycles. The van der Waals surface area contributed by atoms with E-state index in [0.29, 0.717) is 11.3 Å². The Morgan fingerprint density at radius 3 is 2.40 bits per heavy atom. The molecule has 0 amide bonds. The Morgan fingerprint density at radius 2 is 1.85 bits per heavy atom. The van der Waals surface area contributed by atoms with Crippen LogP contribution in [-0.4, -0.2) is 4.57 Å². The number of benzene rings is 1. The first-order chi connectivity index (χ1) is 8.79. The van der Waals surface area contributed by atoms with Crippen molar-refractivity contribution in [2.24, 2.45) is 0 Å². The number of aromatic nitrogens is 1. The van der Waals surface area contributed by atoms with Crippen LogP contribution < -0.4 is 5.56 Å². The van der Waals surface area contributed by atoms with Gasteiger partial charge in [-0.1, -0.05) is 24.2 Å². The number of alkyl halides is 3. The van der Waals surface area contributed by atoms with Gasteiger partial charge in [-0.15, -0.1) is 5.56 Å². The predicted octanol–water partition coefficient (Wildman–Crippen LogP) is 3.27. The minimum atomic E-state index is -4.41. The fraction of sp³-hybridized carbons (Fsp3) is 0.214. The van der Waals surface area contributed by atoms with E-state index < -0.39 is 11.7 Å². The van der Waals surface area contributed by atoms with Gasteiger partial charge < -0.3 is 4.57 Å². The number of aryl methyl sites for hydroxylation is 2. The third kappa shape index (κ3) is 3.58. The standard InChI is InChI=1S/C14H11F3NO.Y/c1-9-3-6-13(19)18(8-9)12-5-4-11(7-10(12)2)14(15,16)17;/h3-4,6-8H,1-2H3;/q-1;. The molecule has 103 valence electrons. The van der Waals surface area contributed by atoms with Gasteiger partial charge in [0.25, 0.3) is 5.56 Å². The van der Waals surface area contributed by atoms with Crippen molar-refractivity contribution in [2.45, 2.75) is 20.0 Å². The number of rotatable bonds is 1. The van der Waals surface area contributed by atoms with Crippen LogP contribution >= 0.6 is 0 Å². The van der Waals surface area contributed by atoms with Crippen LogP contribution in [0.3, 0.4) is 0 Å². The molecule has 0 saturated carbocycles. The van der Waals surface area contributed by atoms with Crippen molar-refractivity contribution < 1.29 is 45.9 Å². The number of pyridine rings is 1. The molecule has 0 unspecified atom stereocenters. The van der Waals surface area contributed by atoms with Crippen molar-refractivity contribution in [2.75, 3.05) is 0 Å². The summed E-state index contributed by atoms with van der Waals surface area (Å²) in [6.07, 6.45) is -2.83. The van der Waals surface area contributed by atoms with Crippen molar-refractivity contribution in [1.82, 2.24) is 4.57 Å². The van der Waals surface area contributed by atoms with Gasteiger partial charge in [0.15, 0.2) is 0 Å². The van der Waals surface area contributed by atoms with Gasteiger partial charge in [0, 0.05) is 45.0 Å². The smallest absolute Gasteiger partial charge is 0.308 e. The first-order valence-electron chi connectivity index (χ1n) is 5.58. The summed E-state index contributed by atoms with van der Waals surface area (Å²) in [5.74, 6) is 0. The summed E-state index contributed by atoms with van der Waals surface area (Å²) in [4.78, 5) is 11.7. The van der Waals surface area contributed by atoms with E-state index in [4.69, 9.17) is 0 Å². The molecule has 0 fully saturated rings. The normalized spacial score (nSPS) is 11.1. The van der Waals surface area contributed by atoms with Gasteiger partial charge >= 0.3 is 6.18 Å². The Labute approximate surface area is 139 Å². The third-order valence-corrected chi connectivity index (χ3v) is 2.74. The van der Waals surface area contributed by atoms with Gasteiger partial charge in [-0.25, -0.2) is 0 Å². The first-order valence-corrected chi connectivity index (χ1v) is 5.58. The molecule has 1 aromatic heterocycles. The fourth-order valence-corrected chi connectivity index (χ4v) is 1.79. The van der Waals surface area contributed by atoms with Crippen molar-refractivity contribution >= 4 is 0 Å². The molecule has 6 heteroatoms. The molecule has 2 rings (SSSR count). The summed E-state index contributed by atoms with van der Waals surface area (Å²) in [5.41, 5.74) is 0.454. The van der Waals surface area contributed by atoms with Gasteiger partial charge in [-0.05, 0) is 12.5 Å². The molecule has 0 spiro atoms. The average Bonchev–Trinajstić information content (AvgIpc) is 2.31. The van der Waals surface area contributed by atoms with E-state index in [0.717, 1.165) is 17.7 Å². The van der Waals surface area contributed by atoms with Crippen LogP contribution in [0, 0.1) is 19.9 Å². The fourth-order valence-electron chi connectivity index (χ4n) is 1.79. The summed E-state index contributed by atoms with van der Waals surface area (Å²) >= 11 is 0. The van der Waals surface area contributed by atoms with Gasteiger partial charge in [0.05, 0.1) is 0 Å². The number of nitrogens with zero attached hydrogens (tertiary/aromatic N) is 1. The van der Waals surface area contributed by atoms with Gasteiger partial charge in [-0.2, -0.15) is 31.4 Å². The average molecular weight is 355 g/mol. The van der Waals surface area contributed by atoms with E-state index in [1.165, 1.54) is 17.6 Å². The van der Waals surface area contributed by atoms with Crippen LogP contribution in [0.5, 0.6) is 0 Å². The van der Waals surface area contributed by atoms with E-state index in [9.17, 15) is 18.0 Å². The Bertz CT molecular complexity index is 677.